The number of hydrogen-bond acceptors (Lipinski definition) is 4. The molecule has 0 fully saturated rings. The van der Waals surface area contributed by atoms with E-state index in [4.69, 9.17) is 0 Å². The quantitative estimate of drug-likeness (QED) is 0.864. The van der Waals surface area contributed by atoms with Crippen molar-refractivity contribution in [1.82, 2.24) is 5.32 Å². The van der Waals surface area contributed by atoms with E-state index >= 15 is 0 Å². The minimum absolute atomic E-state index is 0.255. The van der Waals surface area contributed by atoms with Gasteiger partial charge in [0.05, 0.1) is 12.0 Å². The molecule has 1 aromatic heterocycles. The summed E-state index contributed by atoms with van der Waals surface area (Å²) in [4.78, 5) is 23.7. The van der Waals surface area contributed by atoms with Gasteiger partial charge in [0.2, 0.25) is 0 Å². The van der Waals surface area contributed by atoms with Crippen molar-refractivity contribution in [3.63, 3.8) is 0 Å². The van der Waals surface area contributed by atoms with E-state index < -0.39 is 12.0 Å². The molecule has 1 heterocycles. The molecule has 0 saturated carbocycles. The predicted octanol–water partition coefficient (Wildman–Crippen LogP) is 2.19. The van der Waals surface area contributed by atoms with Crippen LogP contribution in [-0.4, -0.2) is 25.0 Å². The Balaban J connectivity index is 2.16. The van der Waals surface area contributed by atoms with Crippen molar-refractivity contribution in [2.45, 2.75) is 13.0 Å². The minimum Gasteiger partial charge on any atom is -0.467 e. The number of amides is 1. The van der Waals surface area contributed by atoms with Crippen molar-refractivity contribution in [1.29, 1.82) is 0 Å². The smallest absolute Gasteiger partial charge is 0.328 e. The van der Waals surface area contributed by atoms with Gasteiger partial charge < -0.3 is 10.1 Å². The topological polar surface area (TPSA) is 55.4 Å². The van der Waals surface area contributed by atoms with Crippen LogP contribution in [0.5, 0.6) is 0 Å². The molecule has 5 heteroatoms. The van der Waals surface area contributed by atoms with E-state index in [2.05, 4.69) is 10.1 Å². The Morgan fingerprint density at radius 3 is 2.72 bits per heavy atom. The van der Waals surface area contributed by atoms with Gasteiger partial charge in [-0.2, -0.15) is 0 Å². The Labute approximate surface area is 109 Å². The molecule has 2 rings (SSSR count). The molecule has 1 aromatic carbocycles. The fourth-order valence-electron chi connectivity index (χ4n) is 1.60. The van der Waals surface area contributed by atoms with Crippen molar-refractivity contribution in [3.8, 4) is 0 Å². The minimum atomic E-state index is -0.646. The highest BCUT2D eigenvalue weighted by atomic mass is 32.1. The van der Waals surface area contributed by atoms with Gasteiger partial charge in [-0.3, -0.25) is 4.79 Å². The van der Waals surface area contributed by atoms with Gasteiger partial charge in [0.15, 0.2) is 0 Å². The molecule has 0 aliphatic heterocycles. The van der Waals surface area contributed by atoms with Gasteiger partial charge >= 0.3 is 5.97 Å². The number of fused-ring (bicyclic) bond motifs is 1. The second kappa shape index (κ2) is 5.18. The summed E-state index contributed by atoms with van der Waals surface area (Å²) in [6.07, 6.45) is 0. The monoisotopic (exact) mass is 263 g/mol. The second-order valence-corrected chi connectivity index (χ2v) is 4.95. The molecule has 2 aromatic rings. The van der Waals surface area contributed by atoms with Crippen LogP contribution in [0.15, 0.2) is 30.3 Å². The van der Waals surface area contributed by atoms with Crippen molar-refractivity contribution >= 4 is 33.3 Å². The second-order valence-electron chi connectivity index (χ2n) is 3.87. The van der Waals surface area contributed by atoms with Gasteiger partial charge in [0.25, 0.3) is 5.91 Å². The first-order chi connectivity index (χ1) is 8.61. The first kappa shape index (κ1) is 12.6. The van der Waals surface area contributed by atoms with Crippen LogP contribution >= 0.6 is 11.3 Å². The summed E-state index contributed by atoms with van der Waals surface area (Å²) in [5, 5.41) is 3.63. The number of hydrogen-bond donors (Lipinski definition) is 1. The van der Waals surface area contributed by atoms with E-state index in [0.717, 1.165) is 10.1 Å². The van der Waals surface area contributed by atoms with Gasteiger partial charge in [0, 0.05) is 4.70 Å². The summed E-state index contributed by atoms with van der Waals surface area (Å²) in [5.41, 5.74) is 0. The number of thiophene rings is 1. The van der Waals surface area contributed by atoms with Crippen LogP contribution in [0.25, 0.3) is 10.1 Å². The maximum atomic E-state index is 11.9. The normalized spacial score (nSPS) is 12.1. The Bertz CT molecular complexity index is 558. The number of rotatable bonds is 3. The Morgan fingerprint density at radius 1 is 1.33 bits per heavy atom. The highest BCUT2D eigenvalue weighted by Crippen LogP contribution is 2.25. The number of benzene rings is 1. The van der Waals surface area contributed by atoms with E-state index in [1.54, 1.807) is 6.92 Å². The first-order valence-electron chi connectivity index (χ1n) is 5.49. The summed E-state index contributed by atoms with van der Waals surface area (Å²) in [6, 6.07) is 8.94. The number of methoxy groups -OCH3 is 1. The zero-order valence-electron chi connectivity index (χ0n) is 10.1. The van der Waals surface area contributed by atoms with Crippen LogP contribution < -0.4 is 5.32 Å². The Kier molecular flexibility index (Phi) is 3.62. The third kappa shape index (κ3) is 2.51. The molecular formula is C13H13NO3S. The van der Waals surface area contributed by atoms with Crippen LogP contribution in [0.1, 0.15) is 16.6 Å². The molecule has 0 unspecified atom stereocenters. The van der Waals surface area contributed by atoms with Crippen molar-refractivity contribution in [2.24, 2.45) is 0 Å². The van der Waals surface area contributed by atoms with Gasteiger partial charge in [0.1, 0.15) is 6.04 Å². The zero-order chi connectivity index (χ0) is 13.1. The van der Waals surface area contributed by atoms with Crippen molar-refractivity contribution in [2.75, 3.05) is 7.11 Å². The van der Waals surface area contributed by atoms with Crippen molar-refractivity contribution in [3.05, 3.63) is 35.2 Å². The molecule has 4 nitrogen and oxygen atoms in total. The van der Waals surface area contributed by atoms with E-state index in [0.29, 0.717) is 4.88 Å². The average molecular weight is 263 g/mol. The van der Waals surface area contributed by atoms with Crippen LogP contribution in [0.4, 0.5) is 0 Å². The third-order valence-electron chi connectivity index (χ3n) is 2.55. The molecule has 1 amide bonds. The SMILES string of the molecule is COC(=O)[C@H](C)NC(=O)c1cc2ccccc2s1. The predicted molar refractivity (Wildman–Crippen MR) is 70.8 cm³/mol. The number of carbonyl (C=O) groups is 2. The molecule has 0 bridgehead atoms. The van der Waals surface area contributed by atoms with Gasteiger partial charge in [-0.25, -0.2) is 4.79 Å². The maximum absolute atomic E-state index is 11.9. The highest BCUT2D eigenvalue weighted by Gasteiger charge is 2.18. The molecule has 1 atom stereocenters. The van der Waals surface area contributed by atoms with E-state index in [1.807, 2.05) is 30.3 Å². The zero-order valence-corrected chi connectivity index (χ0v) is 10.9. The van der Waals surface area contributed by atoms with E-state index in [-0.39, 0.29) is 5.91 Å². The summed E-state index contributed by atoms with van der Waals surface area (Å²) in [7, 11) is 1.30. The third-order valence-corrected chi connectivity index (χ3v) is 3.67. The lowest BCUT2D eigenvalue weighted by molar-refractivity contribution is -0.142. The molecule has 18 heavy (non-hydrogen) atoms. The number of carbonyl (C=O) groups excluding carboxylic acids is 2. The van der Waals surface area contributed by atoms with Crippen LogP contribution in [-0.2, 0) is 9.53 Å². The number of ether oxygens (including phenoxy) is 1. The summed E-state index contributed by atoms with van der Waals surface area (Å²) < 4.78 is 5.61. The summed E-state index contributed by atoms with van der Waals surface area (Å²) >= 11 is 1.40. The Hall–Kier alpha value is -1.88. The molecular weight excluding hydrogens is 250 g/mol. The fourth-order valence-corrected chi connectivity index (χ4v) is 2.56. The lowest BCUT2D eigenvalue weighted by Gasteiger charge is -2.10. The van der Waals surface area contributed by atoms with E-state index in [9.17, 15) is 9.59 Å². The molecule has 1 N–H and O–H groups in total. The van der Waals surface area contributed by atoms with Crippen LogP contribution in [0, 0.1) is 0 Å². The summed E-state index contributed by atoms with van der Waals surface area (Å²) in [5.74, 6) is -0.710. The Morgan fingerprint density at radius 2 is 2.06 bits per heavy atom. The summed E-state index contributed by atoms with van der Waals surface area (Å²) in [6.45, 7) is 1.59. The van der Waals surface area contributed by atoms with Crippen LogP contribution in [0.2, 0.25) is 0 Å². The molecule has 0 radical (unpaired) electrons. The molecule has 94 valence electrons. The fraction of sp³-hybridized carbons (Fsp3) is 0.231. The molecule has 0 aliphatic rings. The van der Waals surface area contributed by atoms with Gasteiger partial charge in [-0.1, -0.05) is 18.2 Å². The van der Waals surface area contributed by atoms with Crippen molar-refractivity contribution < 1.29 is 14.3 Å². The van der Waals surface area contributed by atoms with Gasteiger partial charge in [-0.05, 0) is 24.4 Å². The number of nitrogens with one attached hydrogen (secondary N) is 1. The molecule has 0 aliphatic carbocycles. The standard InChI is InChI=1S/C13H13NO3S/c1-8(13(16)17-2)14-12(15)11-7-9-5-3-4-6-10(9)18-11/h3-8H,1-2H3,(H,14,15)/t8-/m0/s1. The van der Waals surface area contributed by atoms with E-state index in [1.165, 1.54) is 18.4 Å². The maximum Gasteiger partial charge on any atom is 0.328 e. The molecule has 0 saturated heterocycles. The lowest BCUT2D eigenvalue weighted by Crippen LogP contribution is -2.38. The van der Waals surface area contributed by atoms with Crippen LogP contribution in [0.3, 0.4) is 0 Å². The largest absolute Gasteiger partial charge is 0.467 e. The molecule has 0 spiro atoms. The first-order valence-corrected chi connectivity index (χ1v) is 6.30. The average Bonchev–Trinajstić information content (AvgIpc) is 2.81. The highest BCUT2D eigenvalue weighted by molar-refractivity contribution is 7.20. The number of esters is 1. The lowest BCUT2D eigenvalue weighted by atomic mass is 10.2. The van der Waals surface area contributed by atoms with Gasteiger partial charge in [-0.15, -0.1) is 11.3 Å².